The average Bonchev–Trinajstić information content (AvgIpc) is 2.68. The number of β-amino-alcohol motifs (C(OH)–C–C–N with tert-alkyl or cyclic N) is 1. The van der Waals surface area contributed by atoms with E-state index in [1.54, 1.807) is 6.92 Å². The van der Waals surface area contributed by atoms with Crippen LogP contribution in [0.5, 0.6) is 0 Å². The number of nitrogens with zero attached hydrogens (tertiary/aromatic N) is 1. The number of carbonyl (C=O) groups is 1. The minimum atomic E-state index is -4.52. The largest absolute Gasteiger partial charge is 0.417 e. The molecule has 0 bridgehead atoms. The number of likely N-dealkylation sites (tertiary alicyclic amines) is 1. The third-order valence-electron chi connectivity index (χ3n) is 3.26. The van der Waals surface area contributed by atoms with Gasteiger partial charge < -0.3 is 10.0 Å². The van der Waals surface area contributed by atoms with Crippen molar-refractivity contribution in [3.63, 3.8) is 0 Å². The van der Waals surface area contributed by atoms with Crippen molar-refractivity contribution in [2.24, 2.45) is 0 Å². The fourth-order valence-corrected chi connectivity index (χ4v) is 2.65. The van der Waals surface area contributed by atoms with E-state index in [0.717, 1.165) is 6.07 Å². The highest BCUT2D eigenvalue weighted by molar-refractivity contribution is 9.10. The van der Waals surface area contributed by atoms with Crippen molar-refractivity contribution in [2.45, 2.75) is 25.1 Å². The number of hydrogen-bond donors (Lipinski definition) is 1. The molecular weight excluding hydrogens is 339 g/mol. The fourth-order valence-electron chi connectivity index (χ4n) is 2.18. The van der Waals surface area contributed by atoms with Gasteiger partial charge in [0.25, 0.3) is 5.91 Å². The smallest absolute Gasteiger partial charge is 0.388 e. The first kappa shape index (κ1) is 15.3. The molecule has 0 aliphatic carbocycles. The van der Waals surface area contributed by atoms with Gasteiger partial charge in [0.05, 0.1) is 11.2 Å². The minimum Gasteiger partial charge on any atom is -0.388 e. The molecule has 7 heteroatoms. The maximum absolute atomic E-state index is 12.8. The maximum Gasteiger partial charge on any atom is 0.417 e. The standard InChI is InChI=1S/C13H13BrF3NO2/c1-12(20)4-5-18(7-12)11(19)8-2-3-10(14)9(6-8)13(15,16)17/h2-3,6,20H,4-5,7H2,1H3. The molecule has 0 spiro atoms. The van der Waals surface area contributed by atoms with Gasteiger partial charge in [0, 0.05) is 23.1 Å². The lowest BCUT2D eigenvalue weighted by Gasteiger charge is -2.19. The molecule has 1 fully saturated rings. The van der Waals surface area contributed by atoms with E-state index in [1.807, 2.05) is 0 Å². The van der Waals surface area contributed by atoms with Crippen LogP contribution in [0.2, 0.25) is 0 Å². The summed E-state index contributed by atoms with van der Waals surface area (Å²) < 4.78 is 38.3. The van der Waals surface area contributed by atoms with Gasteiger partial charge in [-0.1, -0.05) is 15.9 Å². The van der Waals surface area contributed by atoms with Crippen LogP contribution in [0.1, 0.15) is 29.3 Å². The predicted octanol–water partition coefficient (Wildman–Crippen LogP) is 3.06. The molecule has 1 aliphatic heterocycles. The molecule has 0 radical (unpaired) electrons. The van der Waals surface area contributed by atoms with Crippen molar-refractivity contribution in [3.8, 4) is 0 Å². The highest BCUT2D eigenvalue weighted by Crippen LogP contribution is 2.35. The van der Waals surface area contributed by atoms with Gasteiger partial charge in [0.1, 0.15) is 0 Å². The first-order valence-electron chi connectivity index (χ1n) is 5.98. The van der Waals surface area contributed by atoms with Crippen LogP contribution in [0.4, 0.5) is 13.2 Å². The topological polar surface area (TPSA) is 40.5 Å². The molecule has 1 aliphatic rings. The Balaban J connectivity index is 2.28. The summed E-state index contributed by atoms with van der Waals surface area (Å²) in [6.45, 7) is 2.06. The summed E-state index contributed by atoms with van der Waals surface area (Å²) in [6.07, 6.45) is -4.10. The molecule has 1 aromatic rings. The SMILES string of the molecule is CC1(O)CCN(C(=O)c2ccc(Br)c(C(F)(F)F)c2)C1. The zero-order chi connectivity index (χ0) is 15.1. The van der Waals surface area contributed by atoms with Crippen LogP contribution < -0.4 is 0 Å². The number of rotatable bonds is 1. The summed E-state index contributed by atoms with van der Waals surface area (Å²) in [5.74, 6) is -0.499. The molecule has 0 aromatic heterocycles. The van der Waals surface area contributed by atoms with E-state index in [-0.39, 0.29) is 16.6 Å². The Hall–Kier alpha value is -1.08. The van der Waals surface area contributed by atoms with E-state index >= 15 is 0 Å². The Morgan fingerprint density at radius 1 is 1.45 bits per heavy atom. The van der Waals surface area contributed by atoms with Gasteiger partial charge in [-0.2, -0.15) is 13.2 Å². The van der Waals surface area contributed by atoms with Crippen molar-refractivity contribution in [2.75, 3.05) is 13.1 Å². The third kappa shape index (κ3) is 3.15. The molecule has 1 N–H and O–H groups in total. The van der Waals surface area contributed by atoms with Gasteiger partial charge in [-0.3, -0.25) is 4.79 Å². The average molecular weight is 352 g/mol. The first-order valence-corrected chi connectivity index (χ1v) is 6.78. The molecule has 3 nitrogen and oxygen atoms in total. The van der Waals surface area contributed by atoms with Gasteiger partial charge in [-0.25, -0.2) is 0 Å². The summed E-state index contributed by atoms with van der Waals surface area (Å²) in [6, 6.07) is 3.39. The number of hydrogen-bond acceptors (Lipinski definition) is 2. The number of halogens is 4. The number of alkyl halides is 3. The normalized spacial score (nSPS) is 23.2. The molecule has 110 valence electrons. The second kappa shape index (κ2) is 5.04. The van der Waals surface area contributed by atoms with Crippen LogP contribution >= 0.6 is 15.9 Å². The quantitative estimate of drug-likeness (QED) is 0.844. The highest BCUT2D eigenvalue weighted by Gasteiger charge is 2.36. The van der Waals surface area contributed by atoms with Gasteiger partial charge >= 0.3 is 6.18 Å². The van der Waals surface area contributed by atoms with Crippen LogP contribution in [0.3, 0.4) is 0 Å². The highest BCUT2D eigenvalue weighted by atomic mass is 79.9. The van der Waals surface area contributed by atoms with E-state index in [9.17, 15) is 23.1 Å². The molecule has 1 unspecified atom stereocenters. The Morgan fingerprint density at radius 2 is 2.10 bits per heavy atom. The monoisotopic (exact) mass is 351 g/mol. The van der Waals surface area contributed by atoms with E-state index in [2.05, 4.69) is 15.9 Å². The van der Waals surface area contributed by atoms with Crippen molar-refractivity contribution in [3.05, 3.63) is 33.8 Å². The van der Waals surface area contributed by atoms with Crippen molar-refractivity contribution >= 4 is 21.8 Å². The van der Waals surface area contributed by atoms with E-state index in [4.69, 9.17) is 0 Å². The van der Waals surface area contributed by atoms with Crippen molar-refractivity contribution in [1.82, 2.24) is 4.90 Å². The van der Waals surface area contributed by atoms with Crippen molar-refractivity contribution < 1.29 is 23.1 Å². The fraction of sp³-hybridized carbons (Fsp3) is 0.462. The van der Waals surface area contributed by atoms with Gasteiger partial charge in [0.2, 0.25) is 0 Å². The lowest BCUT2D eigenvalue weighted by atomic mass is 10.1. The molecule has 20 heavy (non-hydrogen) atoms. The molecule has 1 heterocycles. The third-order valence-corrected chi connectivity index (χ3v) is 3.95. The molecule has 0 saturated carbocycles. The lowest BCUT2D eigenvalue weighted by Crippen LogP contribution is -2.34. The molecule has 1 atom stereocenters. The maximum atomic E-state index is 12.8. The van der Waals surface area contributed by atoms with Crippen LogP contribution in [-0.4, -0.2) is 34.6 Å². The predicted molar refractivity (Wildman–Crippen MR) is 70.3 cm³/mol. The number of benzene rings is 1. The molecule has 1 saturated heterocycles. The zero-order valence-electron chi connectivity index (χ0n) is 10.7. The first-order chi connectivity index (χ1) is 9.10. The summed E-state index contributed by atoms with van der Waals surface area (Å²) in [5, 5.41) is 9.81. The van der Waals surface area contributed by atoms with Gasteiger partial charge in [0.15, 0.2) is 0 Å². The lowest BCUT2D eigenvalue weighted by molar-refractivity contribution is -0.138. The Kier molecular flexibility index (Phi) is 3.85. The summed E-state index contributed by atoms with van der Waals surface area (Å²) >= 11 is 2.83. The number of aliphatic hydroxyl groups is 1. The molecule has 2 rings (SSSR count). The van der Waals surface area contributed by atoms with Crippen LogP contribution in [-0.2, 0) is 6.18 Å². The Bertz CT molecular complexity index is 543. The van der Waals surface area contributed by atoms with Crippen LogP contribution in [0.15, 0.2) is 22.7 Å². The molecule has 1 amide bonds. The molecule has 1 aromatic carbocycles. The second-order valence-corrected chi connectivity index (χ2v) is 6.02. The van der Waals surface area contributed by atoms with E-state index in [1.165, 1.54) is 17.0 Å². The van der Waals surface area contributed by atoms with E-state index in [0.29, 0.717) is 13.0 Å². The van der Waals surface area contributed by atoms with Crippen LogP contribution in [0.25, 0.3) is 0 Å². The second-order valence-electron chi connectivity index (χ2n) is 5.17. The summed E-state index contributed by atoms with van der Waals surface area (Å²) in [4.78, 5) is 13.5. The Morgan fingerprint density at radius 3 is 2.60 bits per heavy atom. The summed E-state index contributed by atoms with van der Waals surface area (Å²) in [5.41, 5.74) is -1.88. The van der Waals surface area contributed by atoms with Crippen molar-refractivity contribution in [1.29, 1.82) is 0 Å². The zero-order valence-corrected chi connectivity index (χ0v) is 12.3. The minimum absolute atomic E-state index is 0.0294. The van der Waals surface area contributed by atoms with Gasteiger partial charge in [-0.15, -0.1) is 0 Å². The Labute approximate surface area is 122 Å². The van der Waals surface area contributed by atoms with Crippen LogP contribution in [0, 0.1) is 0 Å². The number of amides is 1. The van der Waals surface area contributed by atoms with Gasteiger partial charge in [-0.05, 0) is 31.5 Å². The van der Waals surface area contributed by atoms with E-state index < -0.39 is 23.2 Å². The number of carbonyl (C=O) groups excluding carboxylic acids is 1. The molecular formula is C13H13BrF3NO2. The summed E-state index contributed by atoms with van der Waals surface area (Å²) in [7, 11) is 0.